The topological polar surface area (TPSA) is 41.3 Å². The molecule has 3 rings (SSSR count). The lowest BCUT2D eigenvalue weighted by Gasteiger charge is -2.45. The Hall–Kier alpha value is -1.06. The molecule has 1 aromatic carbocycles. The van der Waals surface area contributed by atoms with E-state index in [2.05, 4.69) is 40.5 Å². The number of para-hydroxylation sites is 1. The van der Waals surface area contributed by atoms with Crippen molar-refractivity contribution in [3.63, 3.8) is 0 Å². The number of hydrogen-bond donors (Lipinski definition) is 2. The van der Waals surface area contributed by atoms with Gasteiger partial charge in [0.25, 0.3) is 0 Å². The Morgan fingerprint density at radius 3 is 2.33 bits per heavy atom. The van der Waals surface area contributed by atoms with E-state index < -0.39 is 0 Å². The SMILES string of the molecule is NCC1(NC2CCCCC2)CCN(c2ccccc2)CC1. The monoisotopic (exact) mass is 287 g/mol. The molecule has 3 heteroatoms. The zero-order valence-corrected chi connectivity index (χ0v) is 13.1. The lowest BCUT2D eigenvalue weighted by molar-refractivity contribution is 0.212. The van der Waals surface area contributed by atoms with E-state index in [0.29, 0.717) is 6.04 Å². The highest BCUT2D eigenvalue weighted by Gasteiger charge is 2.35. The number of piperidine rings is 1. The van der Waals surface area contributed by atoms with Crippen molar-refractivity contribution >= 4 is 5.69 Å². The van der Waals surface area contributed by atoms with E-state index in [1.807, 2.05) is 0 Å². The van der Waals surface area contributed by atoms with Gasteiger partial charge in [0.1, 0.15) is 0 Å². The van der Waals surface area contributed by atoms with Crippen molar-refractivity contribution in [3.8, 4) is 0 Å². The third-order valence-electron chi connectivity index (χ3n) is 5.35. The molecule has 0 atom stereocenters. The van der Waals surface area contributed by atoms with Crippen molar-refractivity contribution in [1.82, 2.24) is 5.32 Å². The van der Waals surface area contributed by atoms with Gasteiger partial charge in [-0.1, -0.05) is 37.5 Å². The van der Waals surface area contributed by atoms with Crippen LogP contribution in [0.5, 0.6) is 0 Å². The maximum absolute atomic E-state index is 6.16. The van der Waals surface area contributed by atoms with E-state index >= 15 is 0 Å². The van der Waals surface area contributed by atoms with Crippen molar-refractivity contribution in [2.75, 3.05) is 24.5 Å². The van der Waals surface area contributed by atoms with Gasteiger partial charge < -0.3 is 16.0 Å². The average molecular weight is 287 g/mol. The molecule has 3 N–H and O–H groups in total. The molecule has 3 nitrogen and oxygen atoms in total. The number of benzene rings is 1. The summed E-state index contributed by atoms with van der Waals surface area (Å²) < 4.78 is 0. The number of hydrogen-bond acceptors (Lipinski definition) is 3. The Kier molecular flexibility index (Phi) is 4.81. The smallest absolute Gasteiger partial charge is 0.0366 e. The summed E-state index contributed by atoms with van der Waals surface area (Å²) >= 11 is 0. The van der Waals surface area contributed by atoms with E-state index in [0.717, 1.165) is 32.5 Å². The molecule has 0 radical (unpaired) electrons. The molecule has 1 saturated carbocycles. The number of nitrogens with two attached hydrogens (primary N) is 1. The molecule has 0 amide bonds. The summed E-state index contributed by atoms with van der Waals surface area (Å²) in [5, 5.41) is 3.94. The summed E-state index contributed by atoms with van der Waals surface area (Å²) in [7, 11) is 0. The van der Waals surface area contributed by atoms with Crippen LogP contribution < -0.4 is 16.0 Å². The largest absolute Gasteiger partial charge is 0.371 e. The third-order valence-corrected chi connectivity index (χ3v) is 5.35. The first-order valence-electron chi connectivity index (χ1n) is 8.59. The van der Waals surface area contributed by atoms with Crippen LogP contribution in [0.4, 0.5) is 5.69 Å². The van der Waals surface area contributed by atoms with Gasteiger partial charge >= 0.3 is 0 Å². The molecule has 0 aromatic heterocycles. The van der Waals surface area contributed by atoms with Crippen LogP contribution >= 0.6 is 0 Å². The van der Waals surface area contributed by atoms with Crippen molar-refractivity contribution in [3.05, 3.63) is 30.3 Å². The molecule has 2 aliphatic rings. The summed E-state index contributed by atoms with van der Waals surface area (Å²) in [6, 6.07) is 11.5. The second-order valence-electron chi connectivity index (χ2n) is 6.79. The quantitative estimate of drug-likeness (QED) is 0.894. The fraction of sp³-hybridized carbons (Fsp3) is 0.667. The van der Waals surface area contributed by atoms with E-state index in [4.69, 9.17) is 5.73 Å². The first kappa shape index (κ1) is 14.9. The molecule has 1 aliphatic heterocycles. The molecule has 2 fully saturated rings. The first-order valence-corrected chi connectivity index (χ1v) is 8.59. The maximum Gasteiger partial charge on any atom is 0.0366 e. The van der Waals surface area contributed by atoms with Gasteiger partial charge in [0.15, 0.2) is 0 Å². The Morgan fingerprint density at radius 2 is 1.71 bits per heavy atom. The van der Waals surface area contributed by atoms with Crippen molar-refractivity contribution in [1.29, 1.82) is 0 Å². The highest BCUT2D eigenvalue weighted by molar-refractivity contribution is 5.46. The first-order chi connectivity index (χ1) is 10.3. The zero-order valence-electron chi connectivity index (χ0n) is 13.1. The lowest BCUT2D eigenvalue weighted by Crippen LogP contribution is -2.60. The minimum Gasteiger partial charge on any atom is -0.371 e. The van der Waals surface area contributed by atoms with Gasteiger partial charge in [-0.15, -0.1) is 0 Å². The van der Waals surface area contributed by atoms with Crippen LogP contribution in [0, 0.1) is 0 Å². The molecule has 1 aromatic rings. The number of anilines is 1. The Balaban J connectivity index is 1.59. The van der Waals surface area contributed by atoms with E-state index in [1.165, 1.54) is 37.8 Å². The van der Waals surface area contributed by atoms with Gasteiger partial charge in [-0.05, 0) is 37.8 Å². The van der Waals surface area contributed by atoms with E-state index in [9.17, 15) is 0 Å². The minimum absolute atomic E-state index is 0.174. The van der Waals surface area contributed by atoms with Crippen LogP contribution in [-0.2, 0) is 0 Å². The van der Waals surface area contributed by atoms with E-state index in [-0.39, 0.29) is 5.54 Å². The van der Waals surface area contributed by atoms with Crippen LogP contribution in [-0.4, -0.2) is 31.2 Å². The van der Waals surface area contributed by atoms with Crippen LogP contribution in [0.2, 0.25) is 0 Å². The minimum atomic E-state index is 0.174. The van der Waals surface area contributed by atoms with Crippen LogP contribution in [0.1, 0.15) is 44.9 Å². The molecule has 1 saturated heterocycles. The van der Waals surface area contributed by atoms with Gasteiger partial charge in [0, 0.05) is 36.9 Å². The average Bonchev–Trinajstić information content (AvgIpc) is 2.57. The summed E-state index contributed by atoms with van der Waals surface area (Å²) in [6.45, 7) is 2.99. The lowest BCUT2D eigenvalue weighted by atomic mass is 9.84. The molecule has 0 spiro atoms. The Labute approximate surface area is 128 Å². The predicted molar refractivity (Wildman–Crippen MR) is 89.7 cm³/mol. The van der Waals surface area contributed by atoms with Crippen molar-refractivity contribution in [2.45, 2.75) is 56.5 Å². The highest BCUT2D eigenvalue weighted by Crippen LogP contribution is 2.28. The van der Waals surface area contributed by atoms with Crippen LogP contribution in [0.3, 0.4) is 0 Å². The zero-order chi connectivity index (χ0) is 14.5. The van der Waals surface area contributed by atoms with Crippen molar-refractivity contribution < 1.29 is 0 Å². The molecular formula is C18H29N3. The van der Waals surface area contributed by atoms with E-state index in [1.54, 1.807) is 0 Å². The number of nitrogens with zero attached hydrogens (tertiary/aromatic N) is 1. The predicted octanol–water partition coefficient (Wildman–Crippen LogP) is 2.91. The van der Waals surface area contributed by atoms with Gasteiger partial charge in [0.05, 0.1) is 0 Å². The van der Waals surface area contributed by atoms with Gasteiger partial charge in [-0.25, -0.2) is 0 Å². The van der Waals surface area contributed by atoms with Gasteiger partial charge in [0.2, 0.25) is 0 Å². The van der Waals surface area contributed by atoms with Gasteiger partial charge in [-0.2, -0.15) is 0 Å². The van der Waals surface area contributed by atoms with Crippen LogP contribution in [0.25, 0.3) is 0 Å². The molecule has 0 unspecified atom stereocenters. The molecule has 1 heterocycles. The molecule has 1 aliphatic carbocycles. The Morgan fingerprint density at radius 1 is 1.05 bits per heavy atom. The number of rotatable bonds is 4. The summed E-state index contributed by atoms with van der Waals surface area (Å²) in [4.78, 5) is 2.50. The fourth-order valence-corrected chi connectivity index (χ4v) is 3.92. The van der Waals surface area contributed by atoms with Gasteiger partial charge in [-0.3, -0.25) is 0 Å². The van der Waals surface area contributed by atoms with Crippen molar-refractivity contribution in [2.24, 2.45) is 5.73 Å². The third kappa shape index (κ3) is 3.58. The molecule has 116 valence electrons. The number of nitrogens with one attached hydrogen (secondary N) is 1. The second kappa shape index (κ2) is 6.80. The van der Waals surface area contributed by atoms with Crippen LogP contribution in [0.15, 0.2) is 30.3 Å². The Bertz CT molecular complexity index is 417. The highest BCUT2D eigenvalue weighted by atomic mass is 15.2. The maximum atomic E-state index is 6.16. The summed E-state index contributed by atoms with van der Waals surface area (Å²) in [6.07, 6.45) is 9.18. The molecular weight excluding hydrogens is 258 g/mol. The fourth-order valence-electron chi connectivity index (χ4n) is 3.92. The second-order valence-corrected chi connectivity index (χ2v) is 6.79. The molecule has 21 heavy (non-hydrogen) atoms. The standard InChI is InChI=1S/C18H29N3/c19-15-18(20-16-7-3-1-4-8-16)11-13-21(14-12-18)17-9-5-2-6-10-17/h2,5-6,9-10,16,20H,1,3-4,7-8,11-15,19H2. The molecule has 0 bridgehead atoms. The summed E-state index contributed by atoms with van der Waals surface area (Å²) in [5.74, 6) is 0. The normalized spacial score (nSPS) is 23.2. The summed E-state index contributed by atoms with van der Waals surface area (Å²) in [5.41, 5.74) is 7.68.